The first kappa shape index (κ1) is 8.23. The van der Waals surface area contributed by atoms with Crippen LogP contribution in [0, 0.1) is 0 Å². The quantitative estimate of drug-likeness (QED) is 0.713. The van der Waals surface area contributed by atoms with Gasteiger partial charge in [0.1, 0.15) is 17.5 Å². The van der Waals surface area contributed by atoms with Gasteiger partial charge in [-0.15, -0.1) is 0 Å². The van der Waals surface area contributed by atoms with Crippen molar-refractivity contribution < 1.29 is 4.74 Å². The van der Waals surface area contributed by atoms with Crippen molar-refractivity contribution in [3.05, 3.63) is 27.4 Å². The highest BCUT2D eigenvalue weighted by Crippen LogP contribution is 1.96. The van der Waals surface area contributed by atoms with Crippen LogP contribution in [0.15, 0.2) is 11.0 Å². The lowest BCUT2D eigenvalue weighted by molar-refractivity contribution is 0.177. The van der Waals surface area contributed by atoms with Crippen LogP contribution in [0.3, 0.4) is 0 Å². The van der Waals surface area contributed by atoms with Crippen LogP contribution in [0.25, 0.3) is 0 Å². The van der Waals surface area contributed by atoms with E-state index in [0.717, 1.165) is 0 Å². The van der Waals surface area contributed by atoms with Crippen LogP contribution in [-0.4, -0.2) is 17.1 Å². The van der Waals surface area contributed by atoms with Crippen LogP contribution in [0.4, 0.5) is 0 Å². The minimum atomic E-state index is -0.339. The largest absolute Gasteiger partial charge is 0.377 e. The fourth-order valence-corrected chi connectivity index (χ4v) is 0.722. The Balaban J connectivity index is 2.96. The zero-order valence-electron chi connectivity index (χ0n) is 5.93. The van der Waals surface area contributed by atoms with Crippen molar-refractivity contribution in [1.29, 1.82) is 0 Å². The number of ether oxygens (including phenoxy) is 1. The number of aromatic nitrogens is 2. The molecule has 1 N–H and O–H groups in total. The molecule has 11 heavy (non-hydrogen) atoms. The first-order valence-electron chi connectivity index (χ1n) is 2.96. The van der Waals surface area contributed by atoms with Gasteiger partial charge in [0.25, 0.3) is 5.56 Å². The van der Waals surface area contributed by atoms with E-state index in [1.807, 2.05) is 0 Å². The second-order valence-electron chi connectivity index (χ2n) is 1.94. The molecule has 1 aromatic heterocycles. The van der Waals surface area contributed by atoms with E-state index in [-0.39, 0.29) is 17.2 Å². The first-order chi connectivity index (χ1) is 5.24. The number of hydrogen-bond acceptors (Lipinski definition) is 3. The molecule has 0 fully saturated rings. The van der Waals surface area contributed by atoms with E-state index in [1.54, 1.807) is 0 Å². The van der Waals surface area contributed by atoms with Gasteiger partial charge in [-0.2, -0.15) is 0 Å². The SMILES string of the molecule is COCc1ncc(Cl)c(=O)[nH]1. The second-order valence-corrected chi connectivity index (χ2v) is 2.35. The van der Waals surface area contributed by atoms with Crippen molar-refractivity contribution >= 4 is 11.6 Å². The normalized spacial score (nSPS) is 10.0. The number of nitrogens with one attached hydrogen (secondary N) is 1. The second kappa shape index (κ2) is 3.50. The Kier molecular flexibility index (Phi) is 2.62. The number of H-pyrrole nitrogens is 1. The van der Waals surface area contributed by atoms with Gasteiger partial charge in [-0.05, 0) is 0 Å². The van der Waals surface area contributed by atoms with E-state index in [4.69, 9.17) is 16.3 Å². The molecule has 0 amide bonds. The van der Waals surface area contributed by atoms with Gasteiger partial charge >= 0.3 is 0 Å². The maximum Gasteiger partial charge on any atom is 0.269 e. The first-order valence-corrected chi connectivity index (χ1v) is 3.34. The van der Waals surface area contributed by atoms with Crippen molar-refractivity contribution in [1.82, 2.24) is 9.97 Å². The number of rotatable bonds is 2. The molecule has 1 heterocycles. The van der Waals surface area contributed by atoms with Gasteiger partial charge in [-0.3, -0.25) is 4.79 Å². The minimum absolute atomic E-state index is 0.0878. The third kappa shape index (κ3) is 2.03. The summed E-state index contributed by atoms with van der Waals surface area (Å²) in [5, 5.41) is 0.0878. The van der Waals surface area contributed by atoms with Crippen LogP contribution in [0.5, 0.6) is 0 Å². The molecule has 1 aromatic rings. The van der Waals surface area contributed by atoms with Gasteiger partial charge in [0.05, 0.1) is 6.20 Å². The molecule has 0 aliphatic carbocycles. The molecule has 0 unspecified atom stereocenters. The van der Waals surface area contributed by atoms with Crippen LogP contribution in [0.2, 0.25) is 5.02 Å². The van der Waals surface area contributed by atoms with Gasteiger partial charge in [0, 0.05) is 7.11 Å². The van der Waals surface area contributed by atoms with Crippen LogP contribution in [0.1, 0.15) is 5.82 Å². The van der Waals surface area contributed by atoms with Crippen molar-refractivity contribution in [2.45, 2.75) is 6.61 Å². The van der Waals surface area contributed by atoms with E-state index < -0.39 is 0 Å². The van der Waals surface area contributed by atoms with Crippen LogP contribution < -0.4 is 5.56 Å². The van der Waals surface area contributed by atoms with Gasteiger partial charge in [0.15, 0.2) is 0 Å². The van der Waals surface area contributed by atoms with Crippen molar-refractivity contribution in [3.63, 3.8) is 0 Å². The van der Waals surface area contributed by atoms with Crippen molar-refractivity contribution in [2.24, 2.45) is 0 Å². The molecule has 4 nitrogen and oxygen atoms in total. The lowest BCUT2D eigenvalue weighted by Gasteiger charge is -1.96. The fraction of sp³-hybridized carbons (Fsp3) is 0.333. The van der Waals surface area contributed by atoms with E-state index in [1.165, 1.54) is 13.3 Å². The van der Waals surface area contributed by atoms with Crippen molar-refractivity contribution in [2.75, 3.05) is 7.11 Å². The third-order valence-electron chi connectivity index (χ3n) is 1.09. The predicted molar refractivity (Wildman–Crippen MR) is 40.6 cm³/mol. The van der Waals surface area contributed by atoms with Gasteiger partial charge in [0.2, 0.25) is 0 Å². The summed E-state index contributed by atoms with van der Waals surface area (Å²) in [7, 11) is 1.52. The molecule has 0 bridgehead atoms. The maximum absolute atomic E-state index is 10.8. The highest BCUT2D eigenvalue weighted by Gasteiger charge is 1.97. The van der Waals surface area contributed by atoms with Crippen LogP contribution in [-0.2, 0) is 11.3 Å². The van der Waals surface area contributed by atoms with Crippen LogP contribution >= 0.6 is 11.6 Å². The summed E-state index contributed by atoms with van der Waals surface area (Å²) in [4.78, 5) is 17.1. The minimum Gasteiger partial charge on any atom is -0.377 e. The standard InChI is InChI=1S/C6H7ClN2O2/c1-11-3-5-8-2-4(7)6(10)9-5/h2H,3H2,1H3,(H,8,9,10). The maximum atomic E-state index is 10.8. The number of hydrogen-bond donors (Lipinski definition) is 1. The molecule has 0 aliphatic rings. The Morgan fingerprint density at radius 2 is 2.55 bits per heavy atom. The number of aromatic amines is 1. The molecule has 60 valence electrons. The summed E-state index contributed by atoms with van der Waals surface area (Å²) < 4.78 is 4.75. The topological polar surface area (TPSA) is 55.0 Å². The van der Waals surface area contributed by atoms with Gasteiger partial charge < -0.3 is 9.72 Å². The number of halogens is 1. The Morgan fingerprint density at radius 3 is 3.09 bits per heavy atom. The van der Waals surface area contributed by atoms with E-state index in [0.29, 0.717) is 5.82 Å². The molecule has 0 saturated carbocycles. The summed E-state index contributed by atoms with van der Waals surface area (Å²) in [5.74, 6) is 0.474. The highest BCUT2D eigenvalue weighted by atomic mass is 35.5. The zero-order chi connectivity index (χ0) is 8.27. The Bertz CT molecular complexity index is 297. The summed E-state index contributed by atoms with van der Waals surface area (Å²) >= 11 is 5.43. The molecule has 0 saturated heterocycles. The van der Waals surface area contributed by atoms with E-state index in [2.05, 4.69) is 9.97 Å². The molecular formula is C6H7ClN2O2. The monoisotopic (exact) mass is 174 g/mol. The summed E-state index contributed by atoms with van der Waals surface area (Å²) in [6.07, 6.45) is 1.30. The summed E-state index contributed by atoms with van der Waals surface area (Å²) in [6.45, 7) is 0.284. The highest BCUT2D eigenvalue weighted by molar-refractivity contribution is 6.30. The average Bonchev–Trinajstić information content (AvgIpc) is 1.98. The smallest absolute Gasteiger partial charge is 0.269 e. The molecular weight excluding hydrogens is 168 g/mol. The predicted octanol–water partition coefficient (Wildman–Crippen LogP) is 0.570. The Labute approximate surface area is 68.2 Å². The van der Waals surface area contributed by atoms with Crippen molar-refractivity contribution in [3.8, 4) is 0 Å². The molecule has 1 rings (SSSR count). The fourth-order valence-electron chi connectivity index (χ4n) is 0.626. The molecule has 0 atom stereocenters. The van der Waals surface area contributed by atoms with E-state index >= 15 is 0 Å². The summed E-state index contributed by atoms with van der Waals surface area (Å²) in [6, 6.07) is 0. The Morgan fingerprint density at radius 1 is 1.82 bits per heavy atom. The van der Waals surface area contributed by atoms with E-state index in [9.17, 15) is 4.79 Å². The molecule has 0 spiro atoms. The average molecular weight is 175 g/mol. The lowest BCUT2D eigenvalue weighted by atomic mass is 10.6. The molecule has 5 heteroatoms. The lowest BCUT2D eigenvalue weighted by Crippen LogP contribution is -2.11. The summed E-state index contributed by atoms with van der Waals surface area (Å²) in [5.41, 5.74) is -0.339. The Hall–Kier alpha value is -0.870. The van der Waals surface area contributed by atoms with Gasteiger partial charge in [-0.25, -0.2) is 4.98 Å². The molecule has 0 aliphatic heterocycles. The number of nitrogens with zero attached hydrogens (tertiary/aromatic N) is 1. The number of methoxy groups -OCH3 is 1. The molecule has 0 aromatic carbocycles. The van der Waals surface area contributed by atoms with Gasteiger partial charge in [-0.1, -0.05) is 11.6 Å². The molecule has 0 radical (unpaired) electrons. The zero-order valence-corrected chi connectivity index (χ0v) is 6.68. The third-order valence-corrected chi connectivity index (χ3v) is 1.36.